The predicted molar refractivity (Wildman–Crippen MR) is 79.2 cm³/mol. The second-order valence-electron chi connectivity index (χ2n) is 5.25. The Morgan fingerprint density at radius 2 is 2.38 bits per heavy atom. The van der Waals surface area contributed by atoms with Gasteiger partial charge in [0.15, 0.2) is 5.82 Å². The van der Waals surface area contributed by atoms with Gasteiger partial charge in [0.2, 0.25) is 0 Å². The van der Waals surface area contributed by atoms with Crippen molar-refractivity contribution in [1.29, 1.82) is 10.5 Å². The summed E-state index contributed by atoms with van der Waals surface area (Å²) in [5.41, 5.74) is 0. The molecule has 0 bridgehead atoms. The molecule has 1 aliphatic heterocycles. The van der Waals surface area contributed by atoms with E-state index in [0.717, 1.165) is 31.7 Å². The normalized spacial score (nSPS) is 19.0. The maximum atomic E-state index is 9.05. The maximum absolute atomic E-state index is 9.05. The molecule has 1 N–H and O–H groups in total. The number of anilines is 1. The highest BCUT2D eigenvalue weighted by molar-refractivity contribution is 5.39. The molecular formula is C15H20N6. The minimum Gasteiger partial charge on any atom is -0.351 e. The lowest BCUT2D eigenvalue weighted by atomic mass is 10.1. The van der Waals surface area contributed by atoms with Crippen molar-refractivity contribution < 1.29 is 0 Å². The van der Waals surface area contributed by atoms with E-state index >= 15 is 0 Å². The van der Waals surface area contributed by atoms with Gasteiger partial charge in [0.1, 0.15) is 0 Å². The van der Waals surface area contributed by atoms with Crippen LogP contribution >= 0.6 is 0 Å². The molecule has 0 unspecified atom stereocenters. The van der Waals surface area contributed by atoms with E-state index in [-0.39, 0.29) is 5.92 Å². The molecule has 1 aromatic heterocycles. The Balaban J connectivity index is 1.80. The summed E-state index contributed by atoms with van der Waals surface area (Å²) in [5.74, 6) is 0.833. The molecule has 1 saturated heterocycles. The van der Waals surface area contributed by atoms with E-state index in [1.807, 2.05) is 12.1 Å². The maximum Gasteiger partial charge on any atom is 0.151 e. The van der Waals surface area contributed by atoms with Gasteiger partial charge in [-0.2, -0.15) is 15.6 Å². The number of nitrogens with zero attached hydrogens (tertiary/aromatic N) is 5. The summed E-state index contributed by atoms with van der Waals surface area (Å²) in [6.45, 7) is 2.48. The molecule has 0 aromatic carbocycles. The van der Waals surface area contributed by atoms with Crippen LogP contribution in [0.4, 0.5) is 5.82 Å². The third-order valence-corrected chi connectivity index (χ3v) is 3.79. The molecular weight excluding hydrogens is 264 g/mol. The van der Waals surface area contributed by atoms with E-state index in [1.54, 1.807) is 6.20 Å². The fourth-order valence-electron chi connectivity index (χ4n) is 2.67. The zero-order valence-electron chi connectivity index (χ0n) is 12.1. The van der Waals surface area contributed by atoms with E-state index in [1.165, 1.54) is 0 Å². The summed E-state index contributed by atoms with van der Waals surface area (Å²) < 4.78 is 0. The molecule has 1 aromatic rings. The fraction of sp³-hybridized carbons (Fsp3) is 0.600. The molecule has 6 nitrogen and oxygen atoms in total. The summed E-state index contributed by atoms with van der Waals surface area (Å²) in [5, 5.41) is 29.1. The predicted octanol–water partition coefficient (Wildman–Crippen LogP) is 1.48. The lowest BCUT2D eigenvalue weighted by Crippen LogP contribution is -2.39. The first kappa shape index (κ1) is 15.2. The molecule has 2 rings (SSSR count). The van der Waals surface area contributed by atoms with Crippen LogP contribution in [0.1, 0.15) is 25.7 Å². The second-order valence-corrected chi connectivity index (χ2v) is 5.25. The van der Waals surface area contributed by atoms with Gasteiger partial charge in [-0.05, 0) is 31.4 Å². The molecule has 21 heavy (non-hydrogen) atoms. The highest BCUT2D eigenvalue weighted by Crippen LogP contribution is 2.22. The first-order chi connectivity index (χ1) is 10.3. The molecule has 110 valence electrons. The lowest BCUT2D eigenvalue weighted by Gasteiger charge is -2.25. The molecule has 1 aliphatic rings. The molecule has 0 aliphatic carbocycles. The van der Waals surface area contributed by atoms with Crippen LogP contribution in [0.25, 0.3) is 0 Å². The van der Waals surface area contributed by atoms with Crippen molar-refractivity contribution in [2.45, 2.75) is 31.7 Å². The number of aromatic nitrogens is 2. The third kappa shape index (κ3) is 4.40. The molecule has 2 atom stereocenters. The zero-order chi connectivity index (χ0) is 14.9. The van der Waals surface area contributed by atoms with Gasteiger partial charge in [-0.25, -0.2) is 0 Å². The first-order valence-corrected chi connectivity index (χ1v) is 7.36. The van der Waals surface area contributed by atoms with Gasteiger partial charge in [-0.3, -0.25) is 0 Å². The van der Waals surface area contributed by atoms with Crippen molar-refractivity contribution in [3.05, 3.63) is 18.3 Å². The average molecular weight is 284 g/mol. The summed E-state index contributed by atoms with van der Waals surface area (Å²) in [6, 6.07) is 8.63. The molecule has 0 saturated carbocycles. The van der Waals surface area contributed by atoms with Crippen LogP contribution in [0.3, 0.4) is 0 Å². The van der Waals surface area contributed by atoms with Crippen LogP contribution in [0.15, 0.2) is 18.3 Å². The van der Waals surface area contributed by atoms with E-state index in [0.29, 0.717) is 25.4 Å². The number of hydrogen-bond acceptors (Lipinski definition) is 6. The third-order valence-electron chi connectivity index (χ3n) is 3.79. The van der Waals surface area contributed by atoms with Gasteiger partial charge >= 0.3 is 0 Å². The van der Waals surface area contributed by atoms with Gasteiger partial charge in [0, 0.05) is 38.3 Å². The number of nitrogens with one attached hydrogen (secondary N) is 1. The molecule has 2 heterocycles. The summed E-state index contributed by atoms with van der Waals surface area (Å²) in [7, 11) is 0. The number of hydrogen-bond donors (Lipinski definition) is 1. The van der Waals surface area contributed by atoms with E-state index in [9.17, 15) is 0 Å². The van der Waals surface area contributed by atoms with Gasteiger partial charge in [0.05, 0.1) is 18.1 Å². The molecule has 6 heteroatoms. The molecule has 0 amide bonds. The Morgan fingerprint density at radius 1 is 1.48 bits per heavy atom. The number of nitriles is 2. The summed E-state index contributed by atoms with van der Waals surface area (Å²) in [6.07, 6.45) is 5.03. The highest BCUT2D eigenvalue weighted by atomic mass is 15.3. The Kier molecular flexibility index (Phi) is 5.93. The monoisotopic (exact) mass is 284 g/mol. The molecule has 0 radical (unpaired) electrons. The Hall–Kier alpha value is -2.18. The standard InChI is InChI=1S/C15H20N6/c16-7-1-4-13(10-17)11-18-12-14-5-3-9-21(14)15-6-2-8-19-20-15/h2,6,8,13-14,18H,1,3-5,9,11-12H2/t13-,14+/m1/s1. The topological polar surface area (TPSA) is 88.6 Å². The van der Waals surface area contributed by atoms with Crippen molar-refractivity contribution in [1.82, 2.24) is 15.5 Å². The molecule has 0 spiro atoms. The Bertz CT molecular complexity index is 503. The lowest BCUT2D eigenvalue weighted by molar-refractivity contribution is 0.504. The van der Waals surface area contributed by atoms with E-state index in [2.05, 4.69) is 32.6 Å². The quantitative estimate of drug-likeness (QED) is 0.815. The SMILES string of the molecule is N#CCC[C@H](C#N)CNC[C@@H]1CCCN1c1cccnn1. The summed E-state index contributed by atoms with van der Waals surface area (Å²) >= 11 is 0. The van der Waals surface area contributed by atoms with Gasteiger partial charge < -0.3 is 10.2 Å². The smallest absolute Gasteiger partial charge is 0.151 e. The average Bonchev–Trinajstić information content (AvgIpc) is 3.00. The molecule has 1 fully saturated rings. The van der Waals surface area contributed by atoms with Gasteiger partial charge in [0.25, 0.3) is 0 Å². The van der Waals surface area contributed by atoms with Crippen LogP contribution in [0, 0.1) is 28.6 Å². The zero-order valence-corrected chi connectivity index (χ0v) is 12.1. The van der Waals surface area contributed by atoms with Crippen LogP contribution in [-0.4, -0.2) is 35.9 Å². The van der Waals surface area contributed by atoms with Crippen molar-refractivity contribution >= 4 is 5.82 Å². The first-order valence-electron chi connectivity index (χ1n) is 7.36. The van der Waals surface area contributed by atoms with Crippen molar-refractivity contribution in [3.63, 3.8) is 0 Å². The van der Waals surface area contributed by atoms with Gasteiger partial charge in [-0.15, -0.1) is 5.10 Å². The van der Waals surface area contributed by atoms with Crippen molar-refractivity contribution in [2.24, 2.45) is 5.92 Å². The van der Waals surface area contributed by atoms with Crippen LogP contribution < -0.4 is 10.2 Å². The fourth-order valence-corrected chi connectivity index (χ4v) is 2.67. The van der Waals surface area contributed by atoms with E-state index < -0.39 is 0 Å². The largest absolute Gasteiger partial charge is 0.351 e. The minimum absolute atomic E-state index is 0.0870. The van der Waals surface area contributed by atoms with Crippen LogP contribution in [0.5, 0.6) is 0 Å². The van der Waals surface area contributed by atoms with Crippen LogP contribution in [-0.2, 0) is 0 Å². The van der Waals surface area contributed by atoms with E-state index in [4.69, 9.17) is 10.5 Å². The van der Waals surface area contributed by atoms with Crippen LogP contribution in [0.2, 0.25) is 0 Å². The highest BCUT2D eigenvalue weighted by Gasteiger charge is 2.25. The number of rotatable bonds is 7. The minimum atomic E-state index is -0.0870. The second kappa shape index (κ2) is 8.18. The Morgan fingerprint density at radius 3 is 3.10 bits per heavy atom. The Labute approximate surface area is 125 Å². The van der Waals surface area contributed by atoms with Crippen molar-refractivity contribution in [3.8, 4) is 12.1 Å². The van der Waals surface area contributed by atoms with Crippen molar-refractivity contribution in [2.75, 3.05) is 24.5 Å². The van der Waals surface area contributed by atoms with Gasteiger partial charge in [-0.1, -0.05) is 0 Å². The summed E-state index contributed by atoms with van der Waals surface area (Å²) in [4.78, 5) is 2.27.